The molecule has 1 fully saturated rings. The Hall–Kier alpha value is -1.76. The minimum Gasteiger partial charge on any atom is -0.497 e. The minimum absolute atomic E-state index is 0.0284. The number of carbonyl (C=O) groups excluding carboxylic acids is 1. The summed E-state index contributed by atoms with van der Waals surface area (Å²) in [7, 11) is -2.36. The summed E-state index contributed by atoms with van der Waals surface area (Å²) in [5.74, 6) is 1.23. The molecular formula is C15H22N2O4S. The van der Waals surface area contributed by atoms with Gasteiger partial charge in [0, 0.05) is 6.04 Å². The molecule has 0 atom stereocenters. The molecule has 122 valence electrons. The Morgan fingerprint density at radius 3 is 2.27 bits per heavy atom. The van der Waals surface area contributed by atoms with E-state index < -0.39 is 16.1 Å². The number of sulfonamides is 1. The van der Waals surface area contributed by atoms with Crippen molar-refractivity contribution in [2.75, 3.05) is 7.11 Å². The van der Waals surface area contributed by atoms with Gasteiger partial charge in [0.05, 0.1) is 12.0 Å². The van der Waals surface area contributed by atoms with E-state index in [4.69, 9.17) is 4.74 Å². The molecule has 0 saturated heterocycles. The molecule has 2 N–H and O–H groups in total. The Kier molecular flexibility index (Phi) is 5.28. The van der Waals surface area contributed by atoms with Crippen molar-refractivity contribution in [2.45, 2.75) is 43.5 Å². The van der Waals surface area contributed by atoms with Crippen LogP contribution < -0.4 is 14.8 Å². The maximum atomic E-state index is 12.1. The number of benzene rings is 1. The molecule has 2 amide bonds. The molecule has 0 aromatic heterocycles. The van der Waals surface area contributed by atoms with Crippen LogP contribution in [0.25, 0.3) is 0 Å². The van der Waals surface area contributed by atoms with E-state index in [0.29, 0.717) is 11.7 Å². The van der Waals surface area contributed by atoms with Crippen LogP contribution in [0, 0.1) is 5.92 Å². The van der Waals surface area contributed by atoms with Crippen molar-refractivity contribution in [2.24, 2.45) is 5.92 Å². The normalized spacial score (nSPS) is 21.9. The first-order valence-corrected chi connectivity index (χ1v) is 8.86. The van der Waals surface area contributed by atoms with Gasteiger partial charge in [0.1, 0.15) is 5.75 Å². The molecule has 0 spiro atoms. The fraction of sp³-hybridized carbons (Fsp3) is 0.533. The lowest BCUT2D eigenvalue weighted by atomic mass is 9.87. The van der Waals surface area contributed by atoms with Crippen LogP contribution in [-0.2, 0) is 10.0 Å². The lowest BCUT2D eigenvalue weighted by Crippen LogP contribution is -2.45. The van der Waals surface area contributed by atoms with E-state index in [-0.39, 0.29) is 10.9 Å². The maximum absolute atomic E-state index is 12.1. The van der Waals surface area contributed by atoms with Gasteiger partial charge in [-0.15, -0.1) is 0 Å². The number of ether oxygens (including phenoxy) is 1. The van der Waals surface area contributed by atoms with Crippen molar-refractivity contribution in [3.63, 3.8) is 0 Å². The monoisotopic (exact) mass is 326 g/mol. The van der Waals surface area contributed by atoms with Gasteiger partial charge >= 0.3 is 6.03 Å². The number of methoxy groups -OCH3 is 1. The third-order valence-corrected chi connectivity index (χ3v) is 5.29. The highest BCUT2D eigenvalue weighted by atomic mass is 32.2. The number of amides is 2. The smallest absolute Gasteiger partial charge is 0.328 e. The molecule has 1 saturated carbocycles. The van der Waals surface area contributed by atoms with Gasteiger partial charge in [0.25, 0.3) is 10.0 Å². The zero-order valence-corrected chi connectivity index (χ0v) is 13.7. The van der Waals surface area contributed by atoms with Gasteiger partial charge in [0.2, 0.25) is 0 Å². The second-order valence-corrected chi connectivity index (χ2v) is 7.39. The molecule has 0 radical (unpaired) electrons. The molecule has 1 aliphatic rings. The standard InChI is InChI=1S/C15H22N2O4S/c1-11-3-5-12(6-4-11)16-15(18)17-22(19,20)14-9-7-13(21-2)8-10-14/h7-12H,3-6H2,1-2H3,(H2,16,17,18). The second-order valence-electron chi connectivity index (χ2n) is 5.71. The van der Waals surface area contributed by atoms with E-state index in [1.165, 1.54) is 31.4 Å². The van der Waals surface area contributed by atoms with Crippen LogP contribution in [0.1, 0.15) is 32.6 Å². The third kappa shape index (κ3) is 4.37. The fourth-order valence-corrected chi connectivity index (χ4v) is 3.47. The molecular weight excluding hydrogens is 304 g/mol. The molecule has 6 nitrogen and oxygen atoms in total. The Morgan fingerprint density at radius 2 is 1.73 bits per heavy atom. The van der Waals surface area contributed by atoms with E-state index in [9.17, 15) is 13.2 Å². The summed E-state index contributed by atoms with van der Waals surface area (Å²) in [4.78, 5) is 11.9. The summed E-state index contributed by atoms with van der Waals surface area (Å²) in [6.07, 6.45) is 3.88. The van der Waals surface area contributed by atoms with Crippen LogP contribution in [0.3, 0.4) is 0 Å². The van der Waals surface area contributed by atoms with Crippen molar-refractivity contribution in [1.82, 2.24) is 10.0 Å². The highest BCUT2D eigenvalue weighted by molar-refractivity contribution is 7.90. The summed E-state index contributed by atoms with van der Waals surface area (Å²) < 4.78 is 31.3. The van der Waals surface area contributed by atoms with Gasteiger partial charge in [-0.05, 0) is 55.9 Å². The molecule has 0 bridgehead atoms. The average Bonchev–Trinajstić information content (AvgIpc) is 2.49. The summed E-state index contributed by atoms with van der Waals surface area (Å²) in [5.41, 5.74) is 0. The lowest BCUT2D eigenvalue weighted by molar-refractivity contribution is 0.233. The average molecular weight is 326 g/mol. The highest BCUT2D eigenvalue weighted by Crippen LogP contribution is 2.23. The van der Waals surface area contributed by atoms with E-state index in [0.717, 1.165) is 25.7 Å². The van der Waals surface area contributed by atoms with E-state index in [2.05, 4.69) is 12.2 Å². The molecule has 0 aliphatic heterocycles. The molecule has 7 heteroatoms. The van der Waals surface area contributed by atoms with Crippen molar-refractivity contribution in [3.8, 4) is 5.75 Å². The number of nitrogens with one attached hydrogen (secondary N) is 2. The first-order chi connectivity index (χ1) is 10.4. The van der Waals surface area contributed by atoms with Gasteiger partial charge in [-0.3, -0.25) is 0 Å². The Labute approximate surface area is 131 Å². The summed E-state index contributed by atoms with van der Waals surface area (Å²) >= 11 is 0. The van der Waals surface area contributed by atoms with Crippen LogP contribution in [-0.4, -0.2) is 27.6 Å². The third-order valence-electron chi connectivity index (χ3n) is 3.95. The Morgan fingerprint density at radius 1 is 1.14 bits per heavy atom. The van der Waals surface area contributed by atoms with Crippen LogP contribution in [0.15, 0.2) is 29.2 Å². The number of hydrogen-bond acceptors (Lipinski definition) is 4. The van der Waals surface area contributed by atoms with Crippen LogP contribution in [0.2, 0.25) is 0 Å². The SMILES string of the molecule is COc1ccc(S(=O)(=O)NC(=O)NC2CCC(C)CC2)cc1. The molecule has 2 rings (SSSR count). The van der Waals surface area contributed by atoms with E-state index in [1.54, 1.807) is 0 Å². The second kappa shape index (κ2) is 7.00. The van der Waals surface area contributed by atoms with E-state index in [1.807, 2.05) is 4.72 Å². The van der Waals surface area contributed by atoms with Crippen molar-refractivity contribution < 1.29 is 17.9 Å². The zero-order valence-electron chi connectivity index (χ0n) is 12.8. The van der Waals surface area contributed by atoms with Crippen molar-refractivity contribution in [1.29, 1.82) is 0 Å². The van der Waals surface area contributed by atoms with Gasteiger partial charge in [-0.25, -0.2) is 17.9 Å². The lowest BCUT2D eigenvalue weighted by Gasteiger charge is -2.26. The molecule has 1 aromatic carbocycles. The minimum atomic E-state index is -3.86. The Bertz CT molecular complexity index is 605. The molecule has 0 heterocycles. The number of rotatable bonds is 4. The van der Waals surface area contributed by atoms with Crippen LogP contribution >= 0.6 is 0 Å². The first-order valence-electron chi connectivity index (χ1n) is 7.38. The Balaban J connectivity index is 1.94. The fourth-order valence-electron chi connectivity index (χ4n) is 2.56. The summed E-state index contributed by atoms with van der Waals surface area (Å²) in [6.45, 7) is 2.18. The predicted octanol–water partition coefficient (Wildman–Crippen LogP) is 2.26. The maximum Gasteiger partial charge on any atom is 0.328 e. The largest absolute Gasteiger partial charge is 0.497 e. The number of carbonyl (C=O) groups is 1. The summed E-state index contributed by atoms with van der Waals surface area (Å²) in [5, 5.41) is 2.73. The molecule has 1 aromatic rings. The molecule has 1 aliphatic carbocycles. The predicted molar refractivity (Wildman–Crippen MR) is 83.3 cm³/mol. The van der Waals surface area contributed by atoms with E-state index >= 15 is 0 Å². The molecule has 22 heavy (non-hydrogen) atoms. The van der Waals surface area contributed by atoms with Gasteiger partial charge < -0.3 is 10.1 Å². The first kappa shape index (κ1) is 16.6. The zero-order chi connectivity index (χ0) is 16.2. The number of hydrogen-bond donors (Lipinski definition) is 2. The van der Waals surface area contributed by atoms with Gasteiger partial charge in [0.15, 0.2) is 0 Å². The highest BCUT2D eigenvalue weighted by Gasteiger charge is 2.22. The topological polar surface area (TPSA) is 84.5 Å². The van der Waals surface area contributed by atoms with Crippen LogP contribution in [0.4, 0.5) is 4.79 Å². The molecule has 0 unspecified atom stereocenters. The van der Waals surface area contributed by atoms with Crippen molar-refractivity contribution >= 4 is 16.1 Å². The van der Waals surface area contributed by atoms with Crippen LogP contribution in [0.5, 0.6) is 5.75 Å². The van der Waals surface area contributed by atoms with Gasteiger partial charge in [-0.2, -0.15) is 0 Å². The summed E-state index contributed by atoms with van der Waals surface area (Å²) in [6, 6.07) is 5.25. The van der Waals surface area contributed by atoms with Gasteiger partial charge in [-0.1, -0.05) is 6.92 Å². The quantitative estimate of drug-likeness (QED) is 0.889. The number of urea groups is 1. The van der Waals surface area contributed by atoms with Crippen molar-refractivity contribution in [3.05, 3.63) is 24.3 Å².